The lowest BCUT2D eigenvalue weighted by molar-refractivity contribution is -0.132. The Labute approximate surface area is 219 Å². The largest absolute Gasteiger partial charge is 0.363 e. The summed E-state index contributed by atoms with van der Waals surface area (Å²) < 4.78 is 27.8. The van der Waals surface area contributed by atoms with E-state index in [1.54, 1.807) is 44.3 Å². The van der Waals surface area contributed by atoms with Crippen molar-refractivity contribution in [2.24, 2.45) is 0 Å². The van der Waals surface area contributed by atoms with Crippen molar-refractivity contribution in [1.82, 2.24) is 15.8 Å². The third-order valence-electron chi connectivity index (χ3n) is 4.96. The summed E-state index contributed by atoms with van der Waals surface area (Å²) in [4.78, 5) is 30.1. The van der Waals surface area contributed by atoms with Crippen LogP contribution in [-0.4, -0.2) is 45.4 Å². The highest BCUT2D eigenvalue weighted by atomic mass is 35.5. The van der Waals surface area contributed by atoms with Gasteiger partial charge in [0, 0.05) is 24.2 Å². The van der Waals surface area contributed by atoms with Crippen molar-refractivity contribution in [2.75, 3.05) is 24.6 Å². The SMILES string of the molecule is CCN(NC)C(=O)CNC(=O)c1ccc(S(=O)(=O)N(Oc2ccc(Cl)cc2Cl)c2ccccc2)cc1. The van der Waals surface area contributed by atoms with E-state index in [-0.39, 0.29) is 39.4 Å². The maximum absolute atomic E-state index is 13.5. The summed E-state index contributed by atoms with van der Waals surface area (Å²) in [7, 11) is -2.64. The van der Waals surface area contributed by atoms with Gasteiger partial charge in [0.15, 0.2) is 5.75 Å². The molecule has 0 aliphatic heterocycles. The van der Waals surface area contributed by atoms with Crippen LogP contribution in [0.4, 0.5) is 5.69 Å². The van der Waals surface area contributed by atoms with E-state index in [9.17, 15) is 18.0 Å². The van der Waals surface area contributed by atoms with Gasteiger partial charge >= 0.3 is 0 Å². The highest BCUT2D eigenvalue weighted by molar-refractivity contribution is 7.92. The van der Waals surface area contributed by atoms with Crippen molar-refractivity contribution in [3.63, 3.8) is 0 Å². The van der Waals surface area contributed by atoms with Crippen LogP contribution < -0.4 is 20.0 Å². The second kappa shape index (κ2) is 12.1. The summed E-state index contributed by atoms with van der Waals surface area (Å²) in [5.74, 6) is -0.760. The Morgan fingerprint density at radius 3 is 2.22 bits per heavy atom. The lowest BCUT2D eigenvalue weighted by Gasteiger charge is -2.24. The van der Waals surface area contributed by atoms with Crippen molar-refractivity contribution in [3.05, 3.63) is 88.4 Å². The van der Waals surface area contributed by atoms with E-state index in [1.165, 1.54) is 47.5 Å². The maximum Gasteiger partial charge on any atom is 0.295 e. The number of carbonyl (C=O) groups excluding carboxylic acids is 2. The molecular weight excluding hydrogens is 527 g/mol. The number of carbonyl (C=O) groups is 2. The molecule has 36 heavy (non-hydrogen) atoms. The number of sulfonamides is 1. The van der Waals surface area contributed by atoms with E-state index in [4.69, 9.17) is 28.0 Å². The Morgan fingerprint density at radius 2 is 1.64 bits per heavy atom. The Morgan fingerprint density at radius 1 is 0.972 bits per heavy atom. The molecule has 3 aromatic carbocycles. The molecule has 0 atom stereocenters. The topological polar surface area (TPSA) is 108 Å². The number of hydrogen-bond acceptors (Lipinski definition) is 6. The van der Waals surface area contributed by atoms with Crippen LogP contribution in [-0.2, 0) is 14.8 Å². The number of hydrazine groups is 1. The molecule has 12 heteroatoms. The summed E-state index contributed by atoms with van der Waals surface area (Å²) >= 11 is 12.1. The smallest absolute Gasteiger partial charge is 0.295 e. The molecule has 0 radical (unpaired) electrons. The molecule has 2 N–H and O–H groups in total. The Hall–Kier alpha value is -3.31. The van der Waals surface area contributed by atoms with Gasteiger partial charge in [-0.25, -0.2) is 5.43 Å². The lowest BCUT2D eigenvalue weighted by atomic mass is 10.2. The van der Waals surface area contributed by atoms with Crippen molar-refractivity contribution in [1.29, 1.82) is 0 Å². The van der Waals surface area contributed by atoms with Gasteiger partial charge in [-0.15, -0.1) is 0 Å². The number of benzene rings is 3. The summed E-state index contributed by atoms with van der Waals surface area (Å²) in [6.45, 7) is 2.00. The molecule has 0 aliphatic rings. The molecule has 3 aromatic rings. The number of halogens is 2. The summed E-state index contributed by atoms with van der Waals surface area (Å²) in [6.07, 6.45) is 0. The molecular formula is C24H24Cl2N4O5S. The van der Waals surface area contributed by atoms with Gasteiger partial charge in [0.05, 0.1) is 22.2 Å². The Balaban J connectivity index is 1.84. The molecule has 0 saturated heterocycles. The fraction of sp³-hybridized carbons (Fsp3) is 0.167. The Bertz CT molecular complexity index is 1320. The van der Waals surface area contributed by atoms with Gasteiger partial charge in [0.1, 0.15) is 0 Å². The van der Waals surface area contributed by atoms with Gasteiger partial charge in [-0.1, -0.05) is 45.9 Å². The van der Waals surface area contributed by atoms with Gasteiger partial charge in [0.25, 0.3) is 21.8 Å². The molecule has 0 bridgehead atoms. The predicted octanol–water partition coefficient (Wildman–Crippen LogP) is 3.90. The Kier molecular flexibility index (Phi) is 9.16. The highest BCUT2D eigenvalue weighted by Crippen LogP contribution is 2.32. The number of rotatable bonds is 10. The van der Waals surface area contributed by atoms with Crippen molar-refractivity contribution >= 4 is 50.7 Å². The molecule has 0 spiro atoms. The van der Waals surface area contributed by atoms with Gasteiger partial charge < -0.3 is 10.2 Å². The number of para-hydroxylation sites is 1. The standard InChI is InChI=1S/C24H24Cl2N4O5S/c1-3-29(27-2)23(31)16-28-24(32)17-9-12-20(13-10-17)36(33,34)30(19-7-5-4-6-8-19)35-22-14-11-18(25)15-21(22)26/h4-15,27H,3,16H2,1-2H3,(H,28,32). The van der Waals surface area contributed by atoms with Crippen LogP contribution >= 0.6 is 23.2 Å². The fourth-order valence-electron chi connectivity index (χ4n) is 3.12. The monoisotopic (exact) mass is 550 g/mol. The second-order valence-electron chi connectivity index (χ2n) is 7.30. The van der Waals surface area contributed by atoms with Gasteiger partial charge in [-0.05, 0) is 61.5 Å². The molecule has 3 rings (SSSR count). The van der Waals surface area contributed by atoms with E-state index in [0.29, 0.717) is 11.6 Å². The molecule has 0 aromatic heterocycles. The van der Waals surface area contributed by atoms with Crippen LogP contribution in [0, 0.1) is 0 Å². The average molecular weight is 551 g/mol. The zero-order chi connectivity index (χ0) is 26.3. The maximum atomic E-state index is 13.5. The highest BCUT2D eigenvalue weighted by Gasteiger charge is 2.28. The summed E-state index contributed by atoms with van der Waals surface area (Å²) in [5, 5.41) is 4.36. The summed E-state index contributed by atoms with van der Waals surface area (Å²) in [5.41, 5.74) is 3.13. The zero-order valence-electron chi connectivity index (χ0n) is 19.4. The first-order chi connectivity index (χ1) is 17.2. The van der Waals surface area contributed by atoms with Crippen molar-refractivity contribution in [2.45, 2.75) is 11.8 Å². The van der Waals surface area contributed by atoms with Crippen molar-refractivity contribution in [3.8, 4) is 5.75 Å². The van der Waals surface area contributed by atoms with Crippen LogP contribution in [0.1, 0.15) is 17.3 Å². The summed E-state index contributed by atoms with van der Waals surface area (Å²) in [6, 6.07) is 17.8. The van der Waals surface area contributed by atoms with Crippen LogP contribution in [0.15, 0.2) is 77.7 Å². The molecule has 0 fully saturated rings. The molecule has 190 valence electrons. The van der Waals surface area contributed by atoms with Gasteiger partial charge in [-0.3, -0.25) is 14.6 Å². The van der Waals surface area contributed by atoms with Crippen LogP contribution in [0.25, 0.3) is 0 Å². The first-order valence-electron chi connectivity index (χ1n) is 10.8. The number of amides is 2. The van der Waals surface area contributed by atoms with Gasteiger partial charge in [0.2, 0.25) is 0 Å². The molecule has 0 heterocycles. The van der Waals surface area contributed by atoms with Crippen molar-refractivity contribution < 1.29 is 22.8 Å². The number of nitrogens with one attached hydrogen (secondary N) is 2. The van der Waals surface area contributed by atoms with Crippen LogP contribution in [0.2, 0.25) is 10.0 Å². The third kappa shape index (κ3) is 6.46. The van der Waals surface area contributed by atoms with Gasteiger partial charge in [-0.2, -0.15) is 8.42 Å². The van der Waals surface area contributed by atoms with E-state index >= 15 is 0 Å². The molecule has 2 amide bonds. The van der Waals surface area contributed by atoms with E-state index in [1.807, 2.05) is 0 Å². The second-order valence-corrected chi connectivity index (χ2v) is 9.90. The molecule has 0 unspecified atom stereocenters. The fourth-order valence-corrected chi connectivity index (χ4v) is 4.81. The number of hydrogen-bond donors (Lipinski definition) is 2. The minimum absolute atomic E-state index is 0.0804. The van der Waals surface area contributed by atoms with E-state index in [2.05, 4.69) is 10.7 Å². The lowest BCUT2D eigenvalue weighted by Crippen LogP contribution is -2.45. The number of nitrogens with zero attached hydrogens (tertiary/aromatic N) is 2. The number of likely N-dealkylation sites (N-methyl/N-ethyl adjacent to an activating group) is 1. The minimum Gasteiger partial charge on any atom is -0.363 e. The zero-order valence-corrected chi connectivity index (χ0v) is 21.8. The predicted molar refractivity (Wildman–Crippen MR) is 138 cm³/mol. The van der Waals surface area contributed by atoms with E-state index in [0.717, 1.165) is 4.47 Å². The average Bonchev–Trinajstić information content (AvgIpc) is 2.88. The molecule has 0 saturated carbocycles. The first kappa shape index (κ1) is 27.3. The normalized spacial score (nSPS) is 11.0. The third-order valence-corrected chi connectivity index (χ3v) is 7.08. The number of anilines is 1. The minimum atomic E-state index is -4.25. The van der Waals surface area contributed by atoms with E-state index < -0.39 is 15.9 Å². The molecule has 0 aliphatic carbocycles. The van der Waals surface area contributed by atoms with Crippen LogP contribution in [0.5, 0.6) is 5.75 Å². The first-order valence-corrected chi connectivity index (χ1v) is 13.0. The van der Waals surface area contributed by atoms with Crippen LogP contribution in [0.3, 0.4) is 0 Å². The molecule has 9 nitrogen and oxygen atoms in total. The quantitative estimate of drug-likeness (QED) is 0.370.